The molecule has 3 saturated heterocycles. The standard InChI is InChI=1S/C24H20F6N5O5P/c1-13(14-5-3-2-4-6-14)31-22(11-15-9-17(26)18(27)10-16(15)25)23(39-41(37,38-22)40-23)21(36)34-7-8-35-19(12-34)32-33-20(35)24(28,29)30/h2-6,9-10,13,31H,7-8,11-12H2,1H3/t13-,22+,23?,41?/m0/s1. The van der Waals surface area contributed by atoms with E-state index in [0.29, 0.717) is 17.7 Å². The number of fused-ring (bicyclic) bond motifs is 2. The molecule has 3 fully saturated rings. The fourth-order valence-electron chi connectivity index (χ4n) is 5.22. The van der Waals surface area contributed by atoms with Crippen molar-refractivity contribution in [3.63, 3.8) is 0 Å². The summed E-state index contributed by atoms with van der Waals surface area (Å²) in [5.74, 6) is -8.98. The van der Waals surface area contributed by atoms with Crippen molar-refractivity contribution in [3.05, 3.63) is 82.7 Å². The first-order chi connectivity index (χ1) is 19.3. The largest absolute Gasteiger partial charge is 0.483 e. The van der Waals surface area contributed by atoms with Gasteiger partial charge in [-0.25, -0.2) is 26.8 Å². The third-order valence-electron chi connectivity index (χ3n) is 7.13. The van der Waals surface area contributed by atoms with Crippen molar-refractivity contribution in [3.8, 4) is 0 Å². The molecule has 17 heteroatoms. The van der Waals surface area contributed by atoms with Gasteiger partial charge in [0.05, 0.1) is 6.54 Å². The Kier molecular flexibility index (Phi) is 6.36. The third-order valence-corrected chi connectivity index (χ3v) is 8.63. The number of alkyl halides is 3. The van der Waals surface area contributed by atoms with Crippen LogP contribution in [0, 0.1) is 17.5 Å². The van der Waals surface area contributed by atoms with Crippen molar-refractivity contribution in [2.45, 2.75) is 50.2 Å². The van der Waals surface area contributed by atoms with Crippen molar-refractivity contribution in [2.75, 3.05) is 6.54 Å². The van der Waals surface area contributed by atoms with Crippen LogP contribution in [0.15, 0.2) is 42.5 Å². The van der Waals surface area contributed by atoms with Gasteiger partial charge in [-0.15, -0.1) is 10.2 Å². The molecule has 4 aliphatic rings. The van der Waals surface area contributed by atoms with Crippen LogP contribution >= 0.6 is 7.82 Å². The van der Waals surface area contributed by atoms with Gasteiger partial charge in [-0.05, 0) is 24.1 Å². The normalized spacial score (nSPS) is 27.8. The summed E-state index contributed by atoms with van der Waals surface area (Å²) in [6.45, 7) is 0.574. The summed E-state index contributed by atoms with van der Waals surface area (Å²) < 4.78 is 113. The highest BCUT2D eigenvalue weighted by Gasteiger charge is 2.83. The number of carbonyl (C=O) groups is 1. The fraction of sp³-hybridized carbons (Fsp3) is 0.375. The van der Waals surface area contributed by atoms with E-state index in [4.69, 9.17) is 13.6 Å². The van der Waals surface area contributed by atoms with Crippen LogP contribution in [0.2, 0.25) is 0 Å². The first kappa shape index (κ1) is 27.8. The maximum Gasteiger partial charge on any atom is 0.483 e. The van der Waals surface area contributed by atoms with Gasteiger partial charge in [0.15, 0.2) is 17.5 Å². The van der Waals surface area contributed by atoms with Crippen molar-refractivity contribution >= 4 is 13.7 Å². The molecule has 0 saturated carbocycles. The molecule has 7 rings (SSSR count). The van der Waals surface area contributed by atoms with E-state index in [1.807, 2.05) is 0 Å². The number of hydrogen-bond donors (Lipinski definition) is 1. The summed E-state index contributed by atoms with van der Waals surface area (Å²) in [6, 6.07) is 8.82. The van der Waals surface area contributed by atoms with Gasteiger partial charge in [-0.1, -0.05) is 30.3 Å². The summed E-state index contributed by atoms with van der Waals surface area (Å²) in [7, 11) is -4.38. The topological polar surface area (TPSA) is 108 Å². The van der Waals surface area contributed by atoms with Crippen LogP contribution in [0.5, 0.6) is 0 Å². The number of benzene rings is 2. The molecule has 218 valence electrons. The Morgan fingerprint density at radius 3 is 2.41 bits per heavy atom. The molecule has 5 heterocycles. The van der Waals surface area contributed by atoms with Gasteiger partial charge in [0.25, 0.3) is 5.91 Å². The maximum atomic E-state index is 14.8. The highest BCUT2D eigenvalue weighted by molar-refractivity contribution is 7.50. The predicted octanol–water partition coefficient (Wildman–Crippen LogP) is 4.23. The quantitative estimate of drug-likeness (QED) is 0.254. The lowest BCUT2D eigenvalue weighted by atomic mass is 9.90. The van der Waals surface area contributed by atoms with E-state index in [-0.39, 0.29) is 18.9 Å². The van der Waals surface area contributed by atoms with E-state index in [9.17, 15) is 35.7 Å². The molecular weight excluding hydrogens is 583 g/mol. The summed E-state index contributed by atoms with van der Waals surface area (Å²) in [5.41, 5.74) is -2.05. The molecule has 2 bridgehead atoms. The summed E-state index contributed by atoms with van der Waals surface area (Å²) in [6.07, 6.45) is -5.49. The van der Waals surface area contributed by atoms with E-state index in [0.717, 1.165) is 9.47 Å². The average molecular weight is 603 g/mol. The van der Waals surface area contributed by atoms with Gasteiger partial charge in [0.1, 0.15) is 5.82 Å². The summed E-state index contributed by atoms with van der Waals surface area (Å²) in [4.78, 5) is 15.0. The lowest BCUT2D eigenvalue weighted by Gasteiger charge is -2.44. The number of halogens is 6. The molecule has 0 radical (unpaired) electrons. The van der Waals surface area contributed by atoms with E-state index < -0.39 is 79.3 Å². The van der Waals surface area contributed by atoms with Gasteiger partial charge in [-0.2, -0.15) is 13.2 Å². The SMILES string of the molecule is C[C@H](N[C@]1(Cc2cc(F)c(F)cc2F)OP2(=O)OC1(C(=O)N1CCn3c(nnc3C(F)(F)F)C1)O2)c1ccccc1. The van der Waals surface area contributed by atoms with Gasteiger partial charge in [0.2, 0.25) is 11.5 Å². The van der Waals surface area contributed by atoms with E-state index >= 15 is 0 Å². The number of amides is 1. The van der Waals surface area contributed by atoms with Gasteiger partial charge >= 0.3 is 19.8 Å². The third kappa shape index (κ3) is 4.45. The number of nitrogens with one attached hydrogen (secondary N) is 1. The van der Waals surface area contributed by atoms with Crippen LogP contribution in [-0.2, 0) is 48.6 Å². The Morgan fingerprint density at radius 1 is 1.05 bits per heavy atom. The fourth-order valence-corrected chi connectivity index (χ4v) is 7.01. The molecular formula is C24H20F6N5O5P. The zero-order valence-corrected chi connectivity index (χ0v) is 21.9. The smallest absolute Gasteiger partial charge is 0.328 e. The minimum atomic E-state index is -4.77. The molecule has 3 aromatic rings. The number of hydrogen-bond acceptors (Lipinski definition) is 8. The van der Waals surface area contributed by atoms with Crippen LogP contribution in [0.25, 0.3) is 0 Å². The van der Waals surface area contributed by atoms with Crippen molar-refractivity contribution < 1.29 is 49.3 Å². The Balaban J connectivity index is 1.39. The second kappa shape index (κ2) is 9.36. The zero-order valence-electron chi connectivity index (χ0n) is 21.0. The summed E-state index contributed by atoms with van der Waals surface area (Å²) in [5, 5.41) is 9.70. The van der Waals surface area contributed by atoms with E-state index in [2.05, 4.69) is 15.5 Å². The molecule has 1 aromatic heterocycles. The lowest BCUT2D eigenvalue weighted by molar-refractivity contribution is -0.231. The molecule has 1 N–H and O–H groups in total. The number of carbonyl (C=O) groups excluding carboxylic acids is 1. The average Bonchev–Trinajstić information content (AvgIpc) is 3.51. The van der Waals surface area contributed by atoms with Gasteiger partial charge < -0.3 is 9.47 Å². The molecule has 0 unspecified atom stereocenters. The van der Waals surface area contributed by atoms with E-state index in [1.165, 1.54) is 0 Å². The van der Waals surface area contributed by atoms with E-state index in [1.54, 1.807) is 37.3 Å². The number of nitrogens with zero attached hydrogens (tertiary/aromatic N) is 4. The number of phosphoric ester groups is 1. The van der Waals surface area contributed by atoms with Crippen molar-refractivity contribution in [1.82, 2.24) is 25.0 Å². The maximum absolute atomic E-state index is 14.8. The van der Waals surface area contributed by atoms with Crippen LogP contribution in [-0.4, -0.2) is 43.6 Å². The first-order valence-corrected chi connectivity index (χ1v) is 13.7. The predicted molar refractivity (Wildman–Crippen MR) is 125 cm³/mol. The monoisotopic (exact) mass is 603 g/mol. The molecule has 41 heavy (non-hydrogen) atoms. The molecule has 2 atom stereocenters. The molecule has 0 aliphatic carbocycles. The minimum Gasteiger partial charge on any atom is -0.328 e. The van der Waals surface area contributed by atoms with Crippen LogP contribution in [0.3, 0.4) is 0 Å². The molecule has 2 aromatic carbocycles. The number of rotatable bonds is 6. The minimum absolute atomic E-state index is 0.183. The molecule has 0 spiro atoms. The Bertz CT molecular complexity index is 1580. The van der Waals surface area contributed by atoms with Gasteiger partial charge in [0, 0.05) is 31.6 Å². The highest BCUT2D eigenvalue weighted by atomic mass is 31.2. The number of phosphoric acid groups is 1. The Morgan fingerprint density at radius 2 is 1.73 bits per heavy atom. The lowest BCUT2D eigenvalue weighted by Crippen LogP contribution is -2.70. The van der Waals surface area contributed by atoms with Crippen molar-refractivity contribution in [1.29, 1.82) is 0 Å². The molecule has 4 aliphatic heterocycles. The zero-order chi connectivity index (χ0) is 29.4. The van der Waals surface area contributed by atoms with Crippen LogP contribution in [0.4, 0.5) is 26.3 Å². The second-order valence-corrected chi connectivity index (χ2v) is 11.2. The molecule has 1 amide bonds. The van der Waals surface area contributed by atoms with Crippen LogP contribution in [0.1, 0.15) is 35.7 Å². The van der Waals surface area contributed by atoms with Gasteiger partial charge in [-0.3, -0.25) is 14.6 Å². The first-order valence-electron chi connectivity index (χ1n) is 12.2. The molecule has 10 nitrogen and oxygen atoms in total. The Labute approximate surface area is 227 Å². The second-order valence-electron chi connectivity index (χ2n) is 9.79. The van der Waals surface area contributed by atoms with Crippen LogP contribution < -0.4 is 5.32 Å². The number of aromatic nitrogens is 3. The van der Waals surface area contributed by atoms with Crippen molar-refractivity contribution in [2.24, 2.45) is 0 Å². The Hall–Kier alpha value is -3.30. The summed E-state index contributed by atoms with van der Waals surface area (Å²) >= 11 is 0. The highest BCUT2D eigenvalue weighted by Crippen LogP contribution is 2.78.